The minimum absolute atomic E-state index is 0.0841. The lowest BCUT2D eigenvalue weighted by Crippen LogP contribution is -2.58. The molecule has 11 heteroatoms. The van der Waals surface area contributed by atoms with Crippen molar-refractivity contribution in [2.75, 3.05) is 0 Å². The normalized spacial score (nSPS) is 28.7. The average molecular weight is 410 g/mol. The molecule has 1 saturated heterocycles. The van der Waals surface area contributed by atoms with Crippen LogP contribution in [0.15, 0.2) is 34.8 Å². The Balaban J connectivity index is 1.37. The van der Waals surface area contributed by atoms with Crippen LogP contribution < -0.4 is 0 Å². The first-order valence-corrected chi connectivity index (χ1v) is 10.1. The fraction of sp³-hybridized carbons (Fsp3) is 0.438. The van der Waals surface area contributed by atoms with E-state index in [0.717, 1.165) is 20.3 Å². The van der Waals surface area contributed by atoms with Gasteiger partial charge < -0.3 is 25.2 Å². The highest BCUT2D eigenvalue weighted by Gasteiger charge is 2.43. The van der Waals surface area contributed by atoms with E-state index in [1.165, 1.54) is 4.68 Å². The van der Waals surface area contributed by atoms with Crippen molar-refractivity contribution in [3.05, 3.63) is 36.2 Å². The Labute approximate surface area is 162 Å². The molecule has 1 aliphatic rings. The Morgan fingerprint density at radius 1 is 1.11 bits per heavy atom. The SMILES string of the molecule is O[C@@H]1[C@H](O)[C@@H](O)OC(Cn2cc(CSc3nc4ccccc4s3)nn2)[C@@H]1O. The highest BCUT2D eigenvalue weighted by Crippen LogP contribution is 2.31. The van der Waals surface area contributed by atoms with Gasteiger partial charge >= 0.3 is 0 Å². The minimum atomic E-state index is -1.56. The molecule has 144 valence electrons. The van der Waals surface area contributed by atoms with Crippen molar-refractivity contribution in [3.8, 4) is 0 Å². The molecule has 3 heterocycles. The zero-order valence-corrected chi connectivity index (χ0v) is 15.6. The van der Waals surface area contributed by atoms with Crippen molar-refractivity contribution in [3.63, 3.8) is 0 Å². The van der Waals surface area contributed by atoms with Gasteiger partial charge in [-0.2, -0.15) is 0 Å². The van der Waals surface area contributed by atoms with Crippen LogP contribution in [0.4, 0.5) is 0 Å². The van der Waals surface area contributed by atoms with Crippen LogP contribution in [0.2, 0.25) is 0 Å². The number of rotatable bonds is 5. The second-order valence-electron chi connectivity index (χ2n) is 6.20. The summed E-state index contributed by atoms with van der Waals surface area (Å²) >= 11 is 3.18. The van der Waals surface area contributed by atoms with Crippen molar-refractivity contribution in [1.29, 1.82) is 0 Å². The van der Waals surface area contributed by atoms with E-state index in [9.17, 15) is 20.4 Å². The lowest BCUT2D eigenvalue weighted by Gasteiger charge is -2.38. The predicted octanol–water partition coefficient (Wildman–Crippen LogP) is -0.0200. The fourth-order valence-electron chi connectivity index (χ4n) is 2.81. The molecule has 9 nitrogen and oxygen atoms in total. The number of aliphatic hydroxyl groups excluding tert-OH is 4. The highest BCUT2D eigenvalue weighted by atomic mass is 32.2. The Bertz CT molecular complexity index is 886. The van der Waals surface area contributed by atoms with Gasteiger partial charge in [-0.25, -0.2) is 9.67 Å². The number of para-hydroxylation sites is 1. The quantitative estimate of drug-likeness (QED) is 0.428. The third-order valence-electron chi connectivity index (χ3n) is 4.26. The summed E-state index contributed by atoms with van der Waals surface area (Å²) in [4.78, 5) is 4.56. The minimum Gasteiger partial charge on any atom is -0.388 e. The van der Waals surface area contributed by atoms with E-state index in [4.69, 9.17) is 4.74 Å². The fourth-order valence-corrected chi connectivity index (χ4v) is 4.75. The lowest BCUT2D eigenvalue weighted by atomic mass is 9.99. The van der Waals surface area contributed by atoms with Crippen LogP contribution in [0.3, 0.4) is 0 Å². The third-order valence-corrected chi connectivity index (χ3v) is 6.47. The van der Waals surface area contributed by atoms with Crippen molar-refractivity contribution in [1.82, 2.24) is 20.0 Å². The lowest BCUT2D eigenvalue weighted by molar-refractivity contribution is -0.284. The summed E-state index contributed by atoms with van der Waals surface area (Å²) in [6.07, 6.45) is -5.15. The maximum Gasteiger partial charge on any atom is 0.184 e. The van der Waals surface area contributed by atoms with Crippen LogP contribution in [-0.2, 0) is 17.0 Å². The molecule has 27 heavy (non-hydrogen) atoms. The maximum atomic E-state index is 10.00. The van der Waals surface area contributed by atoms with Gasteiger partial charge in [0.05, 0.1) is 22.5 Å². The number of thioether (sulfide) groups is 1. The number of hydrogen-bond acceptors (Lipinski definition) is 10. The molecule has 0 spiro atoms. The summed E-state index contributed by atoms with van der Waals surface area (Å²) in [5.41, 5.74) is 1.70. The van der Waals surface area contributed by atoms with Crippen molar-refractivity contribution >= 4 is 33.3 Å². The average Bonchev–Trinajstić information content (AvgIpc) is 3.28. The number of aliphatic hydroxyl groups is 4. The molecular formula is C16H18N4O5S2. The second kappa shape index (κ2) is 7.80. The molecule has 4 N–H and O–H groups in total. The molecule has 3 aromatic rings. The molecule has 0 aliphatic carbocycles. The van der Waals surface area contributed by atoms with Crippen molar-refractivity contribution < 1.29 is 25.2 Å². The van der Waals surface area contributed by atoms with E-state index >= 15 is 0 Å². The first kappa shape index (κ1) is 18.7. The van der Waals surface area contributed by atoms with Gasteiger partial charge in [-0.15, -0.1) is 16.4 Å². The summed E-state index contributed by atoms with van der Waals surface area (Å²) in [6, 6.07) is 7.94. The molecule has 5 atom stereocenters. The van der Waals surface area contributed by atoms with E-state index < -0.39 is 30.7 Å². The third kappa shape index (κ3) is 3.99. The van der Waals surface area contributed by atoms with Crippen LogP contribution in [0, 0.1) is 0 Å². The largest absolute Gasteiger partial charge is 0.388 e. The molecule has 0 radical (unpaired) electrons. The van der Waals surface area contributed by atoms with Crippen molar-refractivity contribution in [2.45, 2.75) is 47.3 Å². The molecule has 0 amide bonds. The highest BCUT2D eigenvalue weighted by molar-refractivity contribution is 8.00. The van der Waals surface area contributed by atoms with Crippen LogP contribution in [0.5, 0.6) is 0 Å². The van der Waals surface area contributed by atoms with Gasteiger partial charge in [0, 0.05) is 11.9 Å². The van der Waals surface area contributed by atoms with E-state index in [-0.39, 0.29) is 6.54 Å². The van der Waals surface area contributed by atoms with Crippen LogP contribution in [-0.4, -0.2) is 71.1 Å². The van der Waals surface area contributed by atoms with E-state index in [1.54, 1.807) is 29.3 Å². The van der Waals surface area contributed by atoms with Gasteiger partial charge in [0.2, 0.25) is 0 Å². The number of hydrogen-bond donors (Lipinski definition) is 4. The molecule has 1 aliphatic heterocycles. The molecular weight excluding hydrogens is 392 g/mol. The molecule has 2 aromatic heterocycles. The molecule has 1 unspecified atom stereocenters. The zero-order valence-electron chi connectivity index (χ0n) is 14.0. The Kier molecular flexibility index (Phi) is 5.41. The van der Waals surface area contributed by atoms with E-state index in [1.807, 2.05) is 24.3 Å². The topological polar surface area (TPSA) is 134 Å². The first-order chi connectivity index (χ1) is 13.0. The number of nitrogens with zero attached hydrogens (tertiary/aromatic N) is 4. The molecule has 1 fully saturated rings. The Morgan fingerprint density at radius 2 is 1.93 bits per heavy atom. The summed E-state index contributed by atoms with van der Waals surface area (Å²) in [6.45, 7) is 0.0841. The second-order valence-corrected chi connectivity index (χ2v) is 8.46. The molecule has 0 saturated carbocycles. The van der Waals surface area contributed by atoms with Gasteiger partial charge in [0.15, 0.2) is 10.6 Å². The summed E-state index contributed by atoms with van der Waals surface area (Å²) in [7, 11) is 0. The van der Waals surface area contributed by atoms with Gasteiger partial charge in [0.1, 0.15) is 24.4 Å². The Hall–Kier alpha value is -1.60. The van der Waals surface area contributed by atoms with E-state index in [0.29, 0.717) is 5.75 Å². The molecule has 0 bridgehead atoms. The van der Waals surface area contributed by atoms with Gasteiger partial charge in [0.25, 0.3) is 0 Å². The van der Waals surface area contributed by atoms with Crippen molar-refractivity contribution in [2.24, 2.45) is 0 Å². The van der Waals surface area contributed by atoms with Crippen LogP contribution in [0.25, 0.3) is 10.2 Å². The van der Waals surface area contributed by atoms with Gasteiger partial charge in [-0.05, 0) is 12.1 Å². The Morgan fingerprint density at radius 3 is 2.74 bits per heavy atom. The standard InChI is InChI=1S/C16H18N4O5S2/c21-12-10(25-15(24)14(23)13(12)22)6-20-5-8(18-19-20)7-26-16-17-9-3-1-2-4-11(9)27-16/h1-5,10,12-15,21-24H,6-7H2/t10?,12-,13-,14-,15-/m0/s1. The number of aromatic nitrogens is 4. The predicted molar refractivity (Wildman–Crippen MR) is 98.1 cm³/mol. The first-order valence-electron chi connectivity index (χ1n) is 8.26. The number of thiazole rings is 1. The maximum absolute atomic E-state index is 10.00. The monoisotopic (exact) mass is 410 g/mol. The molecule has 4 rings (SSSR count). The van der Waals surface area contributed by atoms with E-state index in [2.05, 4.69) is 15.3 Å². The van der Waals surface area contributed by atoms with Gasteiger partial charge in [-0.3, -0.25) is 0 Å². The number of fused-ring (bicyclic) bond motifs is 1. The number of benzene rings is 1. The zero-order chi connectivity index (χ0) is 19.0. The van der Waals surface area contributed by atoms with Crippen LogP contribution >= 0.6 is 23.1 Å². The smallest absolute Gasteiger partial charge is 0.184 e. The van der Waals surface area contributed by atoms with Crippen LogP contribution in [0.1, 0.15) is 5.69 Å². The molecule has 1 aromatic carbocycles. The summed E-state index contributed by atoms with van der Waals surface area (Å²) in [5, 5.41) is 46.9. The summed E-state index contributed by atoms with van der Waals surface area (Å²) < 4.78 is 8.69. The van der Waals surface area contributed by atoms with Gasteiger partial charge in [-0.1, -0.05) is 29.1 Å². The number of ether oxygens (including phenoxy) is 1. The summed E-state index contributed by atoms with van der Waals surface area (Å²) in [5.74, 6) is 0.581.